The monoisotopic (exact) mass is 366 g/mol. The molecule has 1 saturated carbocycles. The smallest absolute Gasteiger partial charge is 0.225 e. The maximum atomic E-state index is 13.0. The molecule has 2 aromatic rings. The first-order valence-corrected chi connectivity index (χ1v) is 10.4. The zero-order chi connectivity index (χ0) is 18.6. The summed E-state index contributed by atoms with van der Waals surface area (Å²) in [7, 11) is 0. The Morgan fingerprint density at radius 3 is 2.67 bits per heavy atom. The van der Waals surface area contributed by atoms with Crippen LogP contribution in [0.5, 0.6) is 0 Å². The van der Waals surface area contributed by atoms with Gasteiger partial charge >= 0.3 is 0 Å². The van der Waals surface area contributed by atoms with Crippen LogP contribution >= 0.6 is 0 Å². The summed E-state index contributed by atoms with van der Waals surface area (Å²) < 4.78 is 2.31. The molecule has 1 atom stereocenters. The summed E-state index contributed by atoms with van der Waals surface area (Å²) in [5.74, 6) is 2.20. The summed E-state index contributed by atoms with van der Waals surface area (Å²) in [6, 6.07) is 4.02. The first-order valence-electron chi connectivity index (χ1n) is 10.4. The molecular weight excluding hydrogens is 336 g/mol. The van der Waals surface area contributed by atoms with Crippen molar-refractivity contribution in [2.75, 3.05) is 13.1 Å². The van der Waals surface area contributed by atoms with Crippen molar-refractivity contribution in [2.24, 2.45) is 11.8 Å². The second kappa shape index (κ2) is 8.24. The van der Waals surface area contributed by atoms with Crippen LogP contribution in [0.4, 0.5) is 0 Å². The largest absolute Gasteiger partial charge is 0.342 e. The van der Waals surface area contributed by atoms with Crippen molar-refractivity contribution in [1.29, 1.82) is 0 Å². The van der Waals surface area contributed by atoms with Crippen molar-refractivity contribution in [2.45, 2.75) is 58.4 Å². The van der Waals surface area contributed by atoms with Crippen LogP contribution in [0.15, 0.2) is 30.7 Å². The molecule has 5 heteroatoms. The van der Waals surface area contributed by atoms with Gasteiger partial charge in [0.25, 0.3) is 0 Å². The van der Waals surface area contributed by atoms with E-state index in [0.29, 0.717) is 11.8 Å². The lowest BCUT2D eigenvalue weighted by atomic mass is 9.87. The molecule has 2 aromatic heterocycles. The van der Waals surface area contributed by atoms with Crippen molar-refractivity contribution < 1.29 is 4.79 Å². The number of amides is 1. The zero-order valence-electron chi connectivity index (χ0n) is 16.3. The number of pyridine rings is 1. The molecule has 2 aliphatic rings. The number of carbonyl (C=O) groups is 1. The number of imidazole rings is 1. The predicted octanol–water partition coefficient (Wildman–Crippen LogP) is 4.07. The average molecular weight is 367 g/mol. The third-order valence-electron chi connectivity index (χ3n) is 6.22. The molecule has 0 aromatic carbocycles. The Balaban J connectivity index is 1.45. The Morgan fingerprint density at radius 1 is 1.11 bits per heavy atom. The predicted molar refractivity (Wildman–Crippen MR) is 106 cm³/mol. The van der Waals surface area contributed by atoms with Gasteiger partial charge in [-0.2, -0.15) is 0 Å². The minimum absolute atomic E-state index is 0.278. The summed E-state index contributed by atoms with van der Waals surface area (Å²) in [4.78, 5) is 23.9. The van der Waals surface area contributed by atoms with Gasteiger partial charge in [-0.15, -0.1) is 0 Å². The topological polar surface area (TPSA) is 51.0 Å². The van der Waals surface area contributed by atoms with Crippen molar-refractivity contribution >= 4 is 5.91 Å². The Kier molecular flexibility index (Phi) is 5.55. The average Bonchev–Trinajstić information content (AvgIpc) is 3.09. The van der Waals surface area contributed by atoms with Gasteiger partial charge in [0.2, 0.25) is 5.91 Å². The number of carbonyl (C=O) groups excluding carboxylic acids is 1. The number of nitrogens with zero attached hydrogens (tertiary/aromatic N) is 4. The second-order valence-electron chi connectivity index (χ2n) is 8.20. The van der Waals surface area contributed by atoms with Gasteiger partial charge < -0.3 is 9.47 Å². The van der Waals surface area contributed by atoms with Crippen LogP contribution in [-0.2, 0) is 11.3 Å². The van der Waals surface area contributed by atoms with E-state index in [1.54, 1.807) is 0 Å². The first kappa shape index (κ1) is 18.2. The van der Waals surface area contributed by atoms with E-state index in [9.17, 15) is 4.79 Å². The minimum Gasteiger partial charge on any atom is -0.342 e. The molecular formula is C22H30N4O. The van der Waals surface area contributed by atoms with Gasteiger partial charge in [-0.1, -0.05) is 19.3 Å². The van der Waals surface area contributed by atoms with Crippen molar-refractivity contribution in [3.05, 3.63) is 36.4 Å². The minimum atomic E-state index is 0.278. The molecule has 1 aliphatic carbocycles. The molecule has 1 aliphatic heterocycles. The fourth-order valence-corrected chi connectivity index (χ4v) is 4.70. The number of hydrogen-bond donors (Lipinski definition) is 0. The highest BCUT2D eigenvalue weighted by atomic mass is 16.2. The summed E-state index contributed by atoms with van der Waals surface area (Å²) in [6.07, 6.45) is 13.8. The Labute approximate surface area is 161 Å². The number of aryl methyl sites for hydroxylation is 1. The maximum Gasteiger partial charge on any atom is 0.225 e. The SMILES string of the molecule is Cc1cnc(-c2ccncc2)n1CC1CCCN(C(=O)C2CCCCC2)C1. The van der Waals surface area contributed by atoms with Crippen LogP contribution in [0.25, 0.3) is 11.4 Å². The van der Waals surface area contributed by atoms with E-state index in [2.05, 4.69) is 26.4 Å². The normalized spacial score (nSPS) is 21.4. The molecule has 1 amide bonds. The Hall–Kier alpha value is -2.17. The quantitative estimate of drug-likeness (QED) is 0.819. The number of aromatic nitrogens is 3. The molecule has 0 radical (unpaired) electrons. The van der Waals surface area contributed by atoms with E-state index >= 15 is 0 Å². The fourth-order valence-electron chi connectivity index (χ4n) is 4.70. The molecule has 27 heavy (non-hydrogen) atoms. The molecule has 1 unspecified atom stereocenters. The lowest BCUT2D eigenvalue weighted by Gasteiger charge is -2.36. The molecule has 1 saturated heterocycles. The molecule has 0 bridgehead atoms. The van der Waals surface area contributed by atoms with Gasteiger partial charge in [0.05, 0.1) is 0 Å². The Morgan fingerprint density at radius 2 is 1.89 bits per heavy atom. The maximum absolute atomic E-state index is 13.0. The number of rotatable bonds is 4. The van der Waals surface area contributed by atoms with E-state index in [1.165, 1.54) is 31.4 Å². The highest BCUT2D eigenvalue weighted by Crippen LogP contribution is 2.29. The van der Waals surface area contributed by atoms with E-state index in [0.717, 1.165) is 50.3 Å². The van der Waals surface area contributed by atoms with Gasteiger partial charge in [0.15, 0.2) is 0 Å². The molecule has 2 fully saturated rings. The van der Waals surface area contributed by atoms with Gasteiger partial charge in [0.1, 0.15) is 5.82 Å². The zero-order valence-corrected chi connectivity index (χ0v) is 16.3. The van der Waals surface area contributed by atoms with Gasteiger partial charge in [0, 0.05) is 55.4 Å². The van der Waals surface area contributed by atoms with E-state index in [-0.39, 0.29) is 5.92 Å². The summed E-state index contributed by atoms with van der Waals surface area (Å²) >= 11 is 0. The summed E-state index contributed by atoms with van der Waals surface area (Å²) in [5, 5.41) is 0. The van der Waals surface area contributed by atoms with Gasteiger partial charge in [-0.25, -0.2) is 4.98 Å². The van der Waals surface area contributed by atoms with Crippen molar-refractivity contribution in [1.82, 2.24) is 19.4 Å². The molecule has 0 N–H and O–H groups in total. The first-order chi connectivity index (χ1) is 13.2. The molecule has 4 rings (SSSR count). The lowest BCUT2D eigenvalue weighted by Crippen LogP contribution is -2.44. The Bertz CT molecular complexity index is 764. The number of piperidine rings is 1. The highest BCUT2D eigenvalue weighted by Gasteiger charge is 2.30. The second-order valence-corrected chi connectivity index (χ2v) is 8.20. The third-order valence-corrected chi connectivity index (χ3v) is 6.22. The van der Waals surface area contributed by atoms with Crippen molar-refractivity contribution in [3.8, 4) is 11.4 Å². The molecule has 144 valence electrons. The lowest BCUT2D eigenvalue weighted by molar-refractivity contribution is -0.138. The van der Waals surface area contributed by atoms with Gasteiger partial charge in [-0.05, 0) is 50.7 Å². The summed E-state index contributed by atoms with van der Waals surface area (Å²) in [5.41, 5.74) is 2.28. The number of likely N-dealkylation sites (tertiary alicyclic amines) is 1. The van der Waals surface area contributed by atoms with E-state index in [1.807, 2.05) is 30.7 Å². The highest BCUT2D eigenvalue weighted by molar-refractivity contribution is 5.79. The van der Waals surface area contributed by atoms with Crippen LogP contribution in [0.3, 0.4) is 0 Å². The van der Waals surface area contributed by atoms with Crippen molar-refractivity contribution in [3.63, 3.8) is 0 Å². The van der Waals surface area contributed by atoms with Crippen LogP contribution in [0.2, 0.25) is 0 Å². The van der Waals surface area contributed by atoms with Crippen LogP contribution in [-0.4, -0.2) is 38.4 Å². The molecule has 0 spiro atoms. The van der Waals surface area contributed by atoms with Crippen LogP contribution < -0.4 is 0 Å². The number of hydrogen-bond acceptors (Lipinski definition) is 3. The van der Waals surface area contributed by atoms with Gasteiger partial charge in [-0.3, -0.25) is 9.78 Å². The third kappa shape index (κ3) is 4.07. The fraction of sp³-hybridized carbons (Fsp3) is 0.591. The van der Waals surface area contributed by atoms with E-state index in [4.69, 9.17) is 0 Å². The summed E-state index contributed by atoms with van der Waals surface area (Å²) in [6.45, 7) is 4.87. The molecule has 5 nitrogen and oxygen atoms in total. The molecule has 3 heterocycles. The van der Waals surface area contributed by atoms with E-state index < -0.39 is 0 Å². The van der Waals surface area contributed by atoms with Crippen LogP contribution in [0, 0.1) is 18.8 Å². The van der Waals surface area contributed by atoms with Crippen LogP contribution in [0.1, 0.15) is 50.6 Å². The standard InChI is InChI=1S/C22H30N4O/c1-17-14-24-21(19-9-11-23-12-10-19)26(17)16-18-6-5-13-25(15-18)22(27)20-7-3-2-4-8-20/h9-12,14,18,20H,2-8,13,15-16H2,1H3.